The molecule has 1 nitrogen and oxygen atoms in total. The van der Waals surface area contributed by atoms with Crippen LogP contribution in [-0.4, -0.2) is 5.11 Å². The van der Waals surface area contributed by atoms with Gasteiger partial charge in [0.25, 0.3) is 0 Å². The molecule has 3 aliphatic rings. The fourth-order valence-electron chi connectivity index (χ4n) is 3.17. The normalized spacial score (nSPS) is 27.7. The van der Waals surface area contributed by atoms with Gasteiger partial charge in [-0.25, -0.2) is 0 Å². The largest absolute Gasteiger partial charge is 0.377 e. The van der Waals surface area contributed by atoms with E-state index in [0.29, 0.717) is 5.92 Å². The molecule has 0 heterocycles. The molecule has 0 fully saturated rings. The molecule has 0 radical (unpaired) electrons. The van der Waals surface area contributed by atoms with Gasteiger partial charge in [0.1, 0.15) is 5.60 Å². The zero-order chi connectivity index (χ0) is 11.5. The Labute approximate surface area is 100 Å². The summed E-state index contributed by atoms with van der Waals surface area (Å²) in [7, 11) is 0. The van der Waals surface area contributed by atoms with Crippen molar-refractivity contribution in [3.8, 4) is 0 Å². The van der Waals surface area contributed by atoms with Crippen molar-refractivity contribution in [3.05, 3.63) is 82.9 Å². The first-order chi connectivity index (χ1) is 8.31. The van der Waals surface area contributed by atoms with Gasteiger partial charge in [0.15, 0.2) is 0 Å². The molecule has 0 saturated heterocycles. The third kappa shape index (κ3) is 0.979. The fraction of sp³-hybridized carbons (Fsp3) is 0.125. The van der Waals surface area contributed by atoms with Gasteiger partial charge in [-0.05, 0) is 28.3 Å². The maximum atomic E-state index is 10.9. The van der Waals surface area contributed by atoms with E-state index in [4.69, 9.17) is 0 Å². The Balaban J connectivity index is 2.13. The second-order valence-electron chi connectivity index (χ2n) is 4.78. The molecule has 2 aromatic carbocycles. The molecule has 0 amide bonds. The lowest BCUT2D eigenvalue weighted by atomic mass is 9.65. The monoisotopic (exact) mass is 220 g/mol. The molecule has 0 spiro atoms. The van der Waals surface area contributed by atoms with Crippen molar-refractivity contribution in [2.45, 2.75) is 11.5 Å². The van der Waals surface area contributed by atoms with Crippen molar-refractivity contribution < 1.29 is 5.11 Å². The summed E-state index contributed by atoms with van der Waals surface area (Å²) in [5.74, 6) is 0.302. The molecular formula is C16H12O. The molecular weight excluding hydrogens is 208 g/mol. The molecule has 0 aromatic heterocycles. The van der Waals surface area contributed by atoms with E-state index in [1.165, 1.54) is 11.1 Å². The van der Waals surface area contributed by atoms with E-state index in [1.807, 2.05) is 42.5 Å². The SMILES string of the molecule is OC12C=CC(c3ccccc31)c1ccccc12. The predicted octanol–water partition coefficient (Wildman–Crippen LogP) is 2.94. The van der Waals surface area contributed by atoms with E-state index in [2.05, 4.69) is 18.2 Å². The quantitative estimate of drug-likeness (QED) is 0.677. The van der Waals surface area contributed by atoms with E-state index in [0.717, 1.165) is 11.1 Å². The number of aliphatic hydroxyl groups is 1. The summed E-state index contributed by atoms with van der Waals surface area (Å²) in [6.07, 6.45) is 4.05. The molecule has 82 valence electrons. The Morgan fingerprint density at radius 1 is 0.824 bits per heavy atom. The van der Waals surface area contributed by atoms with Gasteiger partial charge in [-0.15, -0.1) is 0 Å². The van der Waals surface area contributed by atoms with Gasteiger partial charge >= 0.3 is 0 Å². The molecule has 1 N–H and O–H groups in total. The minimum atomic E-state index is -0.929. The van der Waals surface area contributed by atoms with Gasteiger partial charge in [0.05, 0.1) is 0 Å². The van der Waals surface area contributed by atoms with Crippen molar-refractivity contribution in [3.63, 3.8) is 0 Å². The van der Waals surface area contributed by atoms with Crippen LogP contribution in [0.1, 0.15) is 28.2 Å². The summed E-state index contributed by atoms with van der Waals surface area (Å²) in [5.41, 5.74) is 3.60. The van der Waals surface area contributed by atoms with Crippen molar-refractivity contribution in [2.75, 3.05) is 0 Å². The van der Waals surface area contributed by atoms with Crippen LogP contribution in [0.2, 0.25) is 0 Å². The van der Waals surface area contributed by atoms with E-state index in [1.54, 1.807) is 0 Å². The van der Waals surface area contributed by atoms with Crippen LogP contribution in [0.4, 0.5) is 0 Å². The van der Waals surface area contributed by atoms with Crippen molar-refractivity contribution in [1.82, 2.24) is 0 Å². The summed E-state index contributed by atoms with van der Waals surface area (Å²) in [4.78, 5) is 0. The highest BCUT2D eigenvalue weighted by molar-refractivity contribution is 5.62. The minimum Gasteiger partial charge on any atom is -0.377 e. The third-order valence-electron chi connectivity index (χ3n) is 3.94. The van der Waals surface area contributed by atoms with Crippen molar-refractivity contribution in [2.24, 2.45) is 0 Å². The zero-order valence-electron chi connectivity index (χ0n) is 9.30. The Kier molecular flexibility index (Phi) is 1.56. The van der Waals surface area contributed by atoms with Gasteiger partial charge < -0.3 is 5.11 Å². The summed E-state index contributed by atoms with van der Waals surface area (Å²) in [5, 5.41) is 10.9. The molecule has 0 aliphatic heterocycles. The number of rotatable bonds is 0. The summed E-state index contributed by atoms with van der Waals surface area (Å²) >= 11 is 0. The van der Waals surface area contributed by atoms with E-state index in [-0.39, 0.29) is 0 Å². The van der Waals surface area contributed by atoms with Gasteiger partial charge in [-0.2, -0.15) is 0 Å². The highest BCUT2D eigenvalue weighted by Crippen LogP contribution is 2.50. The van der Waals surface area contributed by atoms with Gasteiger partial charge in [-0.1, -0.05) is 54.6 Å². The van der Waals surface area contributed by atoms with Crippen LogP contribution in [0.3, 0.4) is 0 Å². The lowest BCUT2D eigenvalue weighted by molar-refractivity contribution is 0.124. The molecule has 0 unspecified atom stereocenters. The average molecular weight is 220 g/mol. The number of hydrogen-bond acceptors (Lipinski definition) is 1. The standard InChI is InChI=1S/C16H12O/c17-16-10-9-11(12-5-1-3-7-14(12)16)13-6-2-4-8-15(13)16/h1-11,17H. The Bertz CT molecular complexity index is 592. The Morgan fingerprint density at radius 2 is 1.35 bits per heavy atom. The lowest BCUT2D eigenvalue weighted by Gasteiger charge is -2.41. The second kappa shape index (κ2) is 2.88. The topological polar surface area (TPSA) is 20.2 Å². The predicted molar refractivity (Wildman–Crippen MR) is 66.9 cm³/mol. The van der Waals surface area contributed by atoms with E-state index in [9.17, 15) is 5.11 Å². The van der Waals surface area contributed by atoms with Crippen LogP contribution in [0.15, 0.2) is 60.7 Å². The second-order valence-corrected chi connectivity index (χ2v) is 4.78. The van der Waals surface area contributed by atoms with Gasteiger partial charge in [0, 0.05) is 5.92 Å². The number of benzene rings is 2. The summed E-state index contributed by atoms with van der Waals surface area (Å²) < 4.78 is 0. The zero-order valence-corrected chi connectivity index (χ0v) is 9.30. The minimum absolute atomic E-state index is 0.302. The van der Waals surface area contributed by atoms with Crippen LogP contribution in [0.5, 0.6) is 0 Å². The molecule has 2 bridgehead atoms. The average Bonchev–Trinajstić information content (AvgIpc) is 2.40. The van der Waals surface area contributed by atoms with Gasteiger partial charge in [0.2, 0.25) is 0 Å². The first-order valence-corrected chi connectivity index (χ1v) is 5.91. The van der Waals surface area contributed by atoms with Crippen molar-refractivity contribution in [1.29, 1.82) is 0 Å². The first kappa shape index (κ1) is 9.20. The van der Waals surface area contributed by atoms with Crippen LogP contribution in [0, 0.1) is 0 Å². The maximum absolute atomic E-state index is 10.9. The van der Waals surface area contributed by atoms with Crippen LogP contribution < -0.4 is 0 Å². The highest BCUT2D eigenvalue weighted by atomic mass is 16.3. The maximum Gasteiger partial charge on any atom is 0.134 e. The fourth-order valence-corrected chi connectivity index (χ4v) is 3.17. The summed E-state index contributed by atoms with van der Waals surface area (Å²) in [6.45, 7) is 0. The molecule has 3 aliphatic carbocycles. The van der Waals surface area contributed by atoms with E-state index >= 15 is 0 Å². The third-order valence-corrected chi connectivity index (χ3v) is 3.94. The highest BCUT2D eigenvalue weighted by Gasteiger charge is 2.43. The van der Waals surface area contributed by atoms with Crippen LogP contribution >= 0.6 is 0 Å². The summed E-state index contributed by atoms with van der Waals surface area (Å²) in [6, 6.07) is 16.4. The van der Waals surface area contributed by atoms with E-state index < -0.39 is 5.60 Å². The Morgan fingerprint density at radius 3 is 1.94 bits per heavy atom. The number of hydrogen-bond donors (Lipinski definition) is 1. The molecule has 5 rings (SSSR count). The van der Waals surface area contributed by atoms with Crippen LogP contribution in [0.25, 0.3) is 0 Å². The molecule has 17 heavy (non-hydrogen) atoms. The first-order valence-electron chi connectivity index (χ1n) is 5.91. The molecule has 2 aromatic rings. The molecule has 0 saturated carbocycles. The lowest BCUT2D eigenvalue weighted by Crippen LogP contribution is -2.36. The van der Waals surface area contributed by atoms with Gasteiger partial charge in [-0.3, -0.25) is 0 Å². The number of allylic oxidation sites excluding steroid dienone is 1. The Hall–Kier alpha value is -1.86. The molecule has 0 atom stereocenters. The molecule has 1 heteroatoms. The van der Waals surface area contributed by atoms with Crippen LogP contribution in [-0.2, 0) is 5.60 Å². The van der Waals surface area contributed by atoms with Crippen molar-refractivity contribution >= 4 is 0 Å². The smallest absolute Gasteiger partial charge is 0.134 e.